The molecule has 0 spiro atoms. The smallest absolute Gasteiger partial charge is 0.234 e. The average Bonchev–Trinajstić information content (AvgIpc) is 2.51. The van der Waals surface area contributed by atoms with Crippen molar-refractivity contribution in [3.8, 4) is 0 Å². The molecule has 1 N–H and O–H groups in total. The first-order chi connectivity index (χ1) is 10.7. The summed E-state index contributed by atoms with van der Waals surface area (Å²) in [6.07, 6.45) is 0. The van der Waals surface area contributed by atoms with Gasteiger partial charge in [0.25, 0.3) is 0 Å². The van der Waals surface area contributed by atoms with Gasteiger partial charge in [-0.1, -0.05) is 37.3 Å². The number of carbonyl (C=O) groups excluding carboxylic acids is 1. The van der Waals surface area contributed by atoms with Crippen LogP contribution in [0.15, 0.2) is 53.4 Å². The molecular weight excluding hydrogens is 317 g/mol. The minimum atomic E-state index is -0.222. The van der Waals surface area contributed by atoms with E-state index in [-0.39, 0.29) is 11.7 Å². The van der Waals surface area contributed by atoms with Crippen LogP contribution in [0.3, 0.4) is 0 Å². The molecule has 0 radical (unpaired) electrons. The number of rotatable bonds is 7. The average molecular weight is 335 g/mol. The van der Waals surface area contributed by atoms with Gasteiger partial charge >= 0.3 is 0 Å². The van der Waals surface area contributed by atoms with E-state index in [1.807, 2.05) is 24.3 Å². The first-order valence-corrected chi connectivity index (χ1v) is 9.17. The van der Waals surface area contributed by atoms with E-state index in [1.54, 1.807) is 30.0 Å². The molecule has 116 valence electrons. The Bertz CT molecular complexity index is 634. The maximum Gasteiger partial charge on any atom is 0.234 e. The largest absolute Gasteiger partial charge is 0.324 e. The highest BCUT2D eigenvalue weighted by atomic mass is 32.2. The molecule has 0 fully saturated rings. The predicted octanol–water partition coefficient (Wildman–Crippen LogP) is 4.81. The molecule has 2 aromatic rings. The summed E-state index contributed by atoms with van der Waals surface area (Å²) in [6.45, 7) is 2.08. The summed E-state index contributed by atoms with van der Waals surface area (Å²) in [6, 6.07) is 14.4. The van der Waals surface area contributed by atoms with E-state index in [2.05, 4.69) is 12.2 Å². The number of anilines is 1. The standard InChI is InChI=1S/C17H18FNOS2/c1-2-22-16-10-6-5-9-15(16)19-17(20)12-21-11-13-7-3-4-8-14(13)18/h3-10H,2,11-12H2,1H3,(H,19,20). The van der Waals surface area contributed by atoms with Gasteiger partial charge in [0.1, 0.15) is 5.82 Å². The number of thioether (sulfide) groups is 2. The van der Waals surface area contributed by atoms with E-state index >= 15 is 0 Å². The summed E-state index contributed by atoms with van der Waals surface area (Å²) in [7, 11) is 0. The molecule has 0 bridgehead atoms. The van der Waals surface area contributed by atoms with E-state index in [0.29, 0.717) is 17.1 Å². The summed E-state index contributed by atoms with van der Waals surface area (Å²) in [5.41, 5.74) is 1.47. The third-order valence-corrected chi connectivity index (χ3v) is 4.85. The van der Waals surface area contributed by atoms with Crippen molar-refractivity contribution in [3.05, 3.63) is 59.9 Å². The van der Waals surface area contributed by atoms with Crippen LogP contribution < -0.4 is 5.32 Å². The van der Waals surface area contributed by atoms with Gasteiger partial charge in [-0.2, -0.15) is 0 Å². The van der Waals surface area contributed by atoms with Gasteiger partial charge in [-0.05, 0) is 29.5 Å². The number of hydrogen-bond acceptors (Lipinski definition) is 3. The number of nitrogens with one attached hydrogen (secondary N) is 1. The van der Waals surface area contributed by atoms with Crippen molar-refractivity contribution in [3.63, 3.8) is 0 Å². The predicted molar refractivity (Wildman–Crippen MR) is 94.0 cm³/mol. The van der Waals surface area contributed by atoms with Gasteiger partial charge in [0.05, 0.1) is 11.4 Å². The molecular formula is C17H18FNOS2. The minimum Gasteiger partial charge on any atom is -0.324 e. The van der Waals surface area contributed by atoms with Crippen LogP contribution in [0.2, 0.25) is 0 Å². The third kappa shape index (κ3) is 5.07. The lowest BCUT2D eigenvalue weighted by Crippen LogP contribution is -2.14. The van der Waals surface area contributed by atoms with Crippen molar-refractivity contribution in [1.82, 2.24) is 0 Å². The van der Waals surface area contributed by atoms with Crippen LogP contribution in [0.1, 0.15) is 12.5 Å². The SMILES string of the molecule is CCSc1ccccc1NC(=O)CSCc1ccccc1F. The van der Waals surface area contributed by atoms with Crippen LogP contribution in [0.25, 0.3) is 0 Å². The third-order valence-electron chi connectivity index (χ3n) is 2.91. The second kappa shape index (κ2) is 8.86. The molecule has 0 saturated carbocycles. The maximum atomic E-state index is 13.5. The number of hydrogen-bond donors (Lipinski definition) is 1. The molecule has 2 rings (SSSR count). The van der Waals surface area contributed by atoms with Gasteiger partial charge in [-0.3, -0.25) is 4.79 Å². The van der Waals surface area contributed by atoms with Crippen LogP contribution in [-0.4, -0.2) is 17.4 Å². The highest BCUT2D eigenvalue weighted by Gasteiger charge is 2.08. The molecule has 22 heavy (non-hydrogen) atoms. The van der Waals surface area contributed by atoms with Crippen LogP contribution in [-0.2, 0) is 10.5 Å². The summed E-state index contributed by atoms with van der Waals surface area (Å²) >= 11 is 3.10. The first kappa shape index (κ1) is 16.9. The van der Waals surface area contributed by atoms with E-state index in [4.69, 9.17) is 0 Å². The molecule has 2 aromatic carbocycles. The number of carbonyl (C=O) groups is 1. The normalized spacial score (nSPS) is 10.5. The van der Waals surface area contributed by atoms with Crippen molar-refractivity contribution in [2.75, 3.05) is 16.8 Å². The number of amides is 1. The quantitative estimate of drug-likeness (QED) is 0.736. The monoisotopic (exact) mass is 335 g/mol. The Balaban J connectivity index is 1.85. The zero-order valence-electron chi connectivity index (χ0n) is 12.3. The van der Waals surface area contributed by atoms with Crippen LogP contribution in [0.5, 0.6) is 0 Å². The molecule has 0 heterocycles. The van der Waals surface area contributed by atoms with Crippen LogP contribution in [0, 0.1) is 5.82 Å². The van der Waals surface area contributed by atoms with Crippen molar-refractivity contribution in [2.24, 2.45) is 0 Å². The zero-order valence-corrected chi connectivity index (χ0v) is 14.0. The van der Waals surface area contributed by atoms with Crippen molar-refractivity contribution in [2.45, 2.75) is 17.6 Å². The summed E-state index contributed by atoms with van der Waals surface area (Å²) < 4.78 is 13.5. The Morgan fingerprint density at radius 2 is 1.86 bits per heavy atom. The molecule has 0 atom stereocenters. The number of benzene rings is 2. The highest BCUT2D eigenvalue weighted by Crippen LogP contribution is 2.26. The van der Waals surface area contributed by atoms with Gasteiger partial charge in [-0.25, -0.2) is 4.39 Å². The Kier molecular flexibility index (Phi) is 6.80. The topological polar surface area (TPSA) is 29.1 Å². The first-order valence-electron chi connectivity index (χ1n) is 7.03. The molecule has 0 unspecified atom stereocenters. The molecule has 0 aromatic heterocycles. The van der Waals surface area contributed by atoms with Gasteiger partial charge in [0.15, 0.2) is 0 Å². The minimum absolute atomic E-state index is 0.0644. The van der Waals surface area contributed by atoms with Gasteiger partial charge in [0, 0.05) is 10.6 Å². The molecule has 0 aliphatic heterocycles. The van der Waals surface area contributed by atoms with E-state index in [1.165, 1.54) is 17.8 Å². The maximum absolute atomic E-state index is 13.5. The summed E-state index contributed by atoms with van der Waals surface area (Å²) in [4.78, 5) is 13.1. The Labute approximate surface area is 138 Å². The fourth-order valence-corrected chi connectivity index (χ4v) is 3.48. The Morgan fingerprint density at radius 3 is 2.64 bits per heavy atom. The summed E-state index contributed by atoms with van der Waals surface area (Å²) in [5.74, 6) is 1.46. The van der Waals surface area contributed by atoms with Gasteiger partial charge < -0.3 is 5.32 Å². The van der Waals surface area contributed by atoms with E-state index in [9.17, 15) is 9.18 Å². The number of para-hydroxylation sites is 1. The van der Waals surface area contributed by atoms with Crippen LogP contribution >= 0.6 is 23.5 Å². The van der Waals surface area contributed by atoms with Gasteiger partial charge in [0.2, 0.25) is 5.91 Å². The van der Waals surface area contributed by atoms with Crippen molar-refractivity contribution < 1.29 is 9.18 Å². The van der Waals surface area contributed by atoms with Crippen molar-refractivity contribution >= 4 is 35.1 Å². The fourth-order valence-electron chi connectivity index (χ4n) is 1.91. The zero-order chi connectivity index (χ0) is 15.8. The number of halogens is 1. The highest BCUT2D eigenvalue weighted by molar-refractivity contribution is 7.99. The lowest BCUT2D eigenvalue weighted by Gasteiger charge is -2.10. The molecule has 0 aliphatic carbocycles. The molecule has 1 amide bonds. The second-order valence-electron chi connectivity index (χ2n) is 4.56. The van der Waals surface area contributed by atoms with E-state index in [0.717, 1.165) is 16.3 Å². The van der Waals surface area contributed by atoms with Gasteiger partial charge in [-0.15, -0.1) is 23.5 Å². The second-order valence-corrected chi connectivity index (χ2v) is 6.85. The van der Waals surface area contributed by atoms with E-state index < -0.39 is 0 Å². The molecule has 0 saturated heterocycles. The summed E-state index contributed by atoms with van der Waals surface area (Å²) in [5, 5.41) is 2.92. The Hall–Kier alpha value is -1.46. The molecule has 0 aliphatic rings. The lowest BCUT2D eigenvalue weighted by molar-refractivity contribution is -0.113. The van der Waals surface area contributed by atoms with Crippen molar-refractivity contribution in [1.29, 1.82) is 0 Å². The molecule has 2 nitrogen and oxygen atoms in total. The fraction of sp³-hybridized carbons (Fsp3) is 0.235. The molecule has 5 heteroatoms. The lowest BCUT2D eigenvalue weighted by atomic mass is 10.2. The van der Waals surface area contributed by atoms with Crippen LogP contribution in [0.4, 0.5) is 10.1 Å². The Morgan fingerprint density at radius 1 is 1.14 bits per heavy atom.